The quantitative estimate of drug-likeness (QED) is 0.786. The zero-order valence-corrected chi connectivity index (χ0v) is 13.8. The molecule has 2 aromatic rings. The normalized spacial score (nSPS) is 17.9. The fourth-order valence-electron chi connectivity index (χ4n) is 3.03. The number of benzene rings is 1. The molecule has 2 heterocycles. The summed E-state index contributed by atoms with van der Waals surface area (Å²) >= 11 is 1.70. The van der Waals surface area contributed by atoms with Gasteiger partial charge in [-0.3, -0.25) is 4.79 Å². The van der Waals surface area contributed by atoms with E-state index in [1.54, 1.807) is 23.5 Å². The highest BCUT2D eigenvalue weighted by atomic mass is 32.1. The number of likely N-dealkylation sites (tertiary alicyclic amines) is 1. The van der Waals surface area contributed by atoms with Crippen LogP contribution in [0.3, 0.4) is 0 Å². The summed E-state index contributed by atoms with van der Waals surface area (Å²) in [7, 11) is 0. The first-order chi connectivity index (χ1) is 11.2. The molecule has 1 unspecified atom stereocenters. The molecule has 1 saturated heterocycles. The van der Waals surface area contributed by atoms with Crippen LogP contribution in [-0.2, 0) is 17.9 Å². The van der Waals surface area contributed by atoms with Crippen LogP contribution in [0, 0.1) is 5.82 Å². The maximum absolute atomic E-state index is 13.1. The van der Waals surface area contributed by atoms with Crippen molar-refractivity contribution in [3.63, 3.8) is 0 Å². The molecule has 1 N–H and O–H groups in total. The van der Waals surface area contributed by atoms with Gasteiger partial charge in [-0.25, -0.2) is 4.39 Å². The van der Waals surface area contributed by atoms with Crippen molar-refractivity contribution < 1.29 is 9.18 Å². The van der Waals surface area contributed by atoms with E-state index in [9.17, 15) is 9.18 Å². The monoisotopic (exact) mass is 332 g/mol. The third-order valence-electron chi connectivity index (χ3n) is 4.23. The van der Waals surface area contributed by atoms with Gasteiger partial charge in [-0.2, -0.15) is 0 Å². The minimum Gasteiger partial charge on any atom is -0.335 e. The summed E-state index contributed by atoms with van der Waals surface area (Å²) in [4.78, 5) is 15.3. The molecule has 3 nitrogen and oxygen atoms in total. The molecule has 0 saturated carbocycles. The van der Waals surface area contributed by atoms with E-state index in [4.69, 9.17) is 0 Å². The molecule has 1 aliphatic heterocycles. The number of nitrogens with zero attached hydrogens (tertiary/aromatic N) is 1. The molecule has 0 aliphatic carbocycles. The van der Waals surface area contributed by atoms with E-state index in [0.29, 0.717) is 19.0 Å². The molecule has 23 heavy (non-hydrogen) atoms. The van der Waals surface area contributed by atoms with Gasteiger partial charge in [0.05, 0.1) is 6.54 Å². The van der Waals surface area contributed by atoms with E-state index in [2.05, 4.69) is 11.4 Å². The topological polar surface area (TPSA) is 32.3 Å². The highest BCUT2D eigenvalue weighted by Crippen LogP contribution is 2.25. The predicted molar refractivity (Wildman–Crippen MR) is 90.6 cm³/mol. The van der Waals surface area contributed by atoms with E-state index >= 15 is 0 Å². The van der Waals surface area contributed by atoms with Gasteiger partial charge in [0, 0.05) is 23.9 Å². The summed E-state index contributed by atoms with van der Waals surface area (Å²) in [5, 5.41) is 5.40. The molecule has 122 valence electrons. The Balaban J connectivity index is 1.46. The molecule has 1 aromatic heterocycles. The Morgan fingerprint density at radius 2 is 2.22 bits per heavy atom. The second-order valence-corrected chi connectivity index (χ2v) is 6.92. The zero-order chi connectivity index (χ0) is 16.1. The van der Waals surface area contributed by atoms with Gasteiger partial charge < -0.3 is 10.2 Å². The average molecular weight is 332 g/mol. The standard InChI is InChI=1S/C18H21FN2OS/c19-15-4-1-3-14(11-15)12-20-9-8-16-6-7-18(22)21(16)13-17-5-2-10-23-17/h1-5,10-11,16,20H,6-9,12-13H2. The smallest absolute Gasteiger partial charge is 0.223 e. The second kappa shape index (κ2) is 7.70. The number of hydrogen-bond donors (Lipinski definition) is 1. The Hall–Kier alpha value is -1.72. The number of amides is 1. The Bertz CT molecular complexity index is 644. The van der Waals surface area contributed by atoms with Gasteiger partial charge in [0.15, 0.2) is 0 Å². The molecule has 0 radical (unpaired) electrons. The first-order valence-electron chi connectivity index (χ1n) is 7.99. The van der Waals surface area contributed by atoms with Crippen LogP contribution in [-0.4, -0.2) is 23.4 Å². The summed E-state index contributed by atoms with van der Waals surface area (Å²) in [6.45, 7) is 2.21. The van der Waals surface area contributed by atoms with Crippen LogP contribution >= 0.6 is 11.3 Å². The van der Waals surface area contributed by atoms with Crippen molar-refractivity contribution in [3.8, 4) is 0 Å². The summed E-state index contributed by atoms with van der Waals surface area (Å²) < 4.78 is 13.1. The SMILES string of the molecule is O=C1CCC(CCNCc2cccc(F)c2)N1Cc1cccs1. The van der Waals surface area contributed by atoms with Gasteiger partial charge in [0.25, 0.3) is 0 Å². The third kappa shape index (κ3) is 4.39. The van der Waals surface area contributed by atoms with Crippen molar-refractivity contribution in [1.82, 2.24) is 10.2 Å². The van der Waals surface area contributed by atoms with E-state index in [1.165, 1.54) is 10.9 Å². The molecular weight excluding hydrogens is 311 g/mol. The number of carbonyl (C=O) groups is 1. The van der Waals surface area contributed by atoms with Gasteiger partial charge in [-0.15, -0.1) is 11.3 Å². The Morgan fingerprint density at radius 3 is 3.00 bits per heavy atom. The second-order valence-electron chi connectivity index (χ2n) is 5.89. The maximum Gasteiger partial charge on any atom is 0.223 e. The van der Waals surface area contributed by atoms with Crippen molar-refractivity contribution in [3.05, 3.63) is 58.0 Å². The van der Waals surface area contributed by atoms with Gasteiger partial charge in [0.2, 0.25) is 5.91 Å². The number of thiophene rings is 1. The van der Waals surface area contributed by atoms with Crippen LogP contribution in [0.2, 0.25) is 0 Å². The fraction of sp³-hybridized carbons (Fsp3) is 0.389. The van der Waals surface area contributed by atoms with E-state index in [0.717, 1.165) is 31.5 Å². The Morgan fingerprint density at radius 1 is 1.30 bits per heavy atom. The first kappa shape index (κ1) is 16.1. The molecule has 3 rings (SSSR count). The summed E-state index contributed by atoms with van der Waals surface area (Å²) in [6.07, 6.45) is 2.53. The Kier molecular flexibility index (Phi) is 5.41. The zero-order valence-electron chi connectivity index (χ0n) is 13.0. The highest BCUT2D eigenvalue weighted by molar-refractivity contribution is 7.09. The lowest BCUT2D eigenvalue weighted by molar-refractivity contribution is -0.129. The minimum atomic E-state index is -0.201. The number of halogens is 1. The Labute approximate surface area is 140 Å². The third-order valence-corrected chi connectivity index (χ3v) is 5.09. The molecule has 0 spiro atoms. The van der Waals surface area contributed by atoms with Crippen molar-refractivity contribution in [2.75, 3.05) is 6.54 Å². The van der Waals surface area contributed by atoms with Crippen LogP contribution in [0.15, 0.2) is 41.8 Å². The molecular formula is C18H21FN2OS. The van der Waals surface area contributed by atoms with Gasteiger partial charge in [0.1, 0.15) is 5.82 Å². The summed E-state index contributed by atoms with van der Waals surface area (Å²) in [6, 6.07) is 11.1. The van der Waals surface area contributed by atoms with Crippen LogP contribution in [0.4, 0.5) is 4.39 Å². The van der Waals surface area contributed by atoms with E-state index in [-0.39, 0.29) is 11.7 Å². The molecule has 1 amide bonds. The highest BCUT2D eigenvalue weighted by Gasteiger charge is 2.30. The number of carbonyl (C=O) groups excluding carboxylic acids is 1. The molecule has 1 fully saturated rings. The number of rotatable bonds is 7. The van der Waals surface area contributed by atoms with Crippen LogP contribution < -0.4 is 5.32 Å². The predicted octanol–water partition coefficient (Wildman–Crippen LogP) is 3.56. The van der Waals surface area contributed by atoms with Crippen LogP contribution in [0.5, 0.6) is 0 Å². The molecule has 0 bridgehead atoms. The first-order valence-corrected chi connectivity index (χ1v) is 8.87. The minimum absolute atomic E-state index is 0.201. The lowest BCUT2D eigenvalue weighted by Crippen LogP contribution is -2.34. The number of hydrogen-bond acceptors (Lipinski definition) is 3. The maximum atomic E-state index is 13.1. The van der Waals surface area contributed by atoms with Crippen molar-refractivity contribution >= 4 is 17.2 Å². The molecule has 1 aliphatic rings. The summed E-state index contributed by atoms with van der Waals surface area (Å²) in [5.74, 6) is 0.0568. The van der Waals surface area contributed by atoms with Crippen molar-refractivity contribution in [2.24, 2.45) is 0 Å². The molecule has 1 atom stereocenters. The van der Waals surface area contributed by atoms with E-state index < -0.39 is 0 Å². The van der Waals surface area contributed by atoms with Crippen molar-refractivity contribution in [2.45, 2.75) is 38.4 Å². The fourth-order valence-corrected chi connectivity index (χ4v) is 3.73. The van der Waals surface area contributed by atoms with Gasteiger partial charge in [-0.1, -0.05) is 18.2 Å². The van der Waals surface area contributed by atoms with Crippen LogP contribution in [0.1, 0.15) is 29.7 Å². The van der Waals surface area contributed by atoms with Gasteiger partial charge in [-0.05, 0) is 48.5 Å². The lowest BCUT2D eigenvalue weighted by Gasteiger charge is -2.24. The lowest BCUT2D eigenvalue weighted by atomic mass is 10.1. The average Bonchev–Trinajstić information content (AvgIpc) is 3.16. The largest absolute Gasteiger partial charge is 0.335 e. The molecule has 1 aromatic carbocycles. The van der Waals surface area contributed by atoms with Gasteiger partial charge >= 0.3 is 0 Å². The van der Waals surface area contributed by atoms with Crippen molar-refractivity contribution in [1.29, 1.82) is 0 Å². The molecule has 5 heteroatoms. The van der Waals surface area contributed by atoms with Crippen LogP contribution in [0.25, 0.3) is 0 Å². The van der Waals surface area contributed by atoms with E-state index in [1.807, 2.05) is 22.4 Å². The number of nitrogens with one attached hydrogen (secondary N) is 1. The summed E-state index contributed by atoms with van der Waals surface area (Å²) in [5.41, 5.74) is 0.947.